The van der Waals surface area contributed by atoms with E-state index in [1.54, 1.807) is 0 Å². The summed E-state index contributed by atoms with van der Waals surface area (Å²) < 4.78 is 6.39. The minimum Gasteiger partial charge on any atom is -0.384 e. The quantitative estimate of drug-likeness (QED) is 0.906. The van der Waals surface area contributed by atoms with Crippen molar-refractivity contribution in [1.29, 1.82) is 0 Å². The summed E-state index contributed by atoms with van der Waals surface area (Å²) in [6.45, 7) is 0.694. The monoisotopic (exact) mass is 258 g/mol. The molecule has 0 aromatic carbocycles. The molecule has 1 heterocycles. The van der Waals surface area contributed by atoms with E-state index in [9.17, 15) is 0 Å². The number of aromatic nitrogens is 1. The summed E-state index contributed by atoms with van der Waals surface area (Å²) >= 11 is 0. The summed E-state index contributed by atoms with van der Waals surface area (Å²) in [7, 11) is 0. The van der Waals surface area contributed by atoms with Crippen molar-refractivity contribution in [2.24, 2.45) is 17.8 Å². The Morgan fingerprint density at radius 3 is 2.26 bits per heavy atom. The summed E-state index contributed by atoms with van der Waals surface area (Å²) in [5, 5.41) is 0. The van der Waals surface area contributed by atoms with E-state index in [1.807, 2.05) is 18.3 Å². The maximum atomic E-state index is 6.39. The molecular weight excluding hydrogens is 236 g/mol. The minimum absolute atomic E-state index is 0.191. The molecule has 5 rings (SSSR count). The van der Waals surface area contributed by atoms with E-state index in [0.717, 1.165) is 23.3 Å². The molecule has 3 heteroatoms. The molecule has 0 spiro atoms. The third kappa shape index (κ3) is 2.14. The first-order valence-corrected chi connectivity index (χ1v) is 7.55. The normalized spacial score (nSPS) is 39.7. The topological polar surface area (TPSA) is 48.1 Å². The molecule has 0 saturated heterocycles. The van der Waals surface area contributed by atoms with Crippen molar-refractivity contribution in [3.63, 3.8) is 0 Å². The van der Waals surface area contributed by atoms with Gasteiger partial charge in [-0.15, -0.1) is 0 Å². The lowest BCUT2D eigenvalue weighted by atomic mass is 9.54. The Kier molecular flexibility index (Phi) is 2.59. The summed E-state index contributed by atoms with van der Waals surface area (Å²) in [6.07, 6.45) is 10.1. The van der Waals surface area contributed by atoms with Crippen molar-refractivity contribution in [1.82, 2.24) is 4.98 Å². The highest BCUT2D eigenvalue weighted by molar-refractivity contribution is 5.29. The van der Waals surface area contributed by atoms with Crippen LogP contribution in [0.3, 0.4) is 0 Å². The highest BCUT2D eigenvalue weighted by Crippen LogP contribution is 2.57. The largest absolute Gasteiger partial charge is 0.384 e. The van der Waals surface area contributed by atoms with Crippen LogP contribution < -0.4 is 5.73 Å². The molecule has 3 nitrogen and oxygen atoms in total. The number of hydrogen-bond acceptors (Lipinski definition) is 3. The van der Waals surface area contributed by atoms with Gasteiger partial charge < -0.3 is 10.5 Å². The first-order valence-electron chi connectivity index (χ1n) is 7.55. The van der Waals surface area contributed by atoms with Gasteiger partial charge in [0.2, 0.25) is 0 Å². The van der Waals surface area contributed by atoms with Gasteiger partial charge in [0.25, 0.3) is 0 Å². The average molecular weight is 258 g/mol. The lowest BCUT2D eigenvalue weighted by Crippen LogP contribution is -2.51. The minimum atomic E-state index is 0.191. The number of nitrogen functional groups attached to an aromatic ring is 1. The van der Waals surface area contributed by atoms with Crippen molar-refractivity contribution < 1.29 is 4.74 Å². The molecule has 4 fully saturated rings. The van der Waals surface area contributed by atoms with E-state index >= 15 is 0 Å². The van der Waals surface area contributed by atoms with Crippen molar-refractivity contribution >= 4 is 5.82 Å². The number of hydrogen-bond donors (Lipinski definition) is 1. The van der Waals surface area contributed by atoms with Crippen LogP contribution in [0, 0.1) is 17.8 Å². The van der Waals surface area contributed by atoms with Gasteiger partial charge in [0.15, 0.2) is 0 Å². The van der Waals surface area contributed by atoms with Crippen LogP contribution in [0.5, 0.6) is 0 Å². The highest BCUT2D eigenvalue weighted by Gasteiger charge is 2.51. The zero-order valence-electron chi connectivity index (χ0n) is 11.3. The Balaban J connectivity index is 1.46. The molecule has 4 aliphatic carbocycles. The van der Waals surface area contributed by atoms with E-state index in [2.05, 4.69) is 4.98 Å². The van der Waals surface area contributed by atoms with Crippen LogP contribution in [0.2, 0.25) is 0 Å². The van der Waals surface area contributed by atoms with Crippen LogP contribution in [-0.2, 0) is 11.3 Å². The van der Waals surface area contributed by atoms with Crippen LogP contribution in [0.4, 0.5) is 5.82 Å². The highest BCUT2D eigenvalue weighted by atomic mass is 16.5. The number of pyridine rings is 1. The maximum Gasteiger partial charge on any atom is 0.123 e. The molecule has 0 aliphatic heterocycles. The summed E-state index contributed by atoms with van der Waals surface area (Å²) in [5.41, 5.74) is 6.95. The van der Waals surface area contributed by atoms with Crippen molar-refractivity contribution in [2.45, 2.75) is 50.7 Å². The van der Waals surface area contributed by atoms with Crippen molar-refractivity contribution in [3.05, 3.63) is 23.9 Å². The molecule has 0 unspecified atom stereocenters. The zero-order chi connectivity index (χ0) is 12.9. The van der Waals surface area contributed by atoms with Gasteiger partial charge in [-0.1, -0.05) is 6.07 Å². The second-order valence-corrected chi connectivity index (χ2v) is 6.98. The Morgan fingerprint density at radius 2 is 1.74 bits per heavy atom. The molecule has 4 aliphatic rings. The van der Waals surface area contributed by atoms with Gasteiger partial charge in [-0.3, -0.25) is 0 Å². The number of nitrogens with zero attached hydrogens (tertiary/aromatic N) is 1. The lowest BCUT2D eigenvalue weighted by molar-refractivity contribution is -0.168. The third-order valence-corrected chi connectivity index (χ3v) is 5.37. The molecular formula is C16H22N2O. The second kappa shape index (κ2) is 4.20. The van der Waals surface area contributed by atoms with Gasteiger partial charge in [0.1, 0.15) is 5.82 Å². The van der Waals surface area contributed by atoms with Crippen molar-refractivity contribution in [3.8, 4) is 0 Å². The predicted molar refractivity (Wildman–Crippen MR) is 74.3 cm³/mol. The van der Waals surface area contributed by atoms with Crippen LogP contribution in [-0.4, -0.2) is 10.6 Å². The molecule has 0 radical (unpaired) electrons. The van der Waals surface area contributed by atoms with Crippen LogP contribution in [0.25, 0.3) is 0 Å². The van der Waals surface area contributed by atoms with Gasteiger partial charge in [-0.2, -0.15) is 0 Å². The van der Waals surface area contributed by atoms with Crippen LogP contribution >= 0.6 is 0 Å². The van der Waals surface area contributed by atoms with Gasteiger partial charge in [0, 0.05) is 6.20 Å². The van der Waals surface area contributed by atoms with Crippen molar-refractivity contribution in [2.75, 3.05) is 5.73 Å². The average Bonchev–Trinajstić information content (AvgIpc) is 2.36. The SMILES string of the molecule is Nc1ccc(COC23CC4CC(CC(C4)C2)C3)cn1. The molecule has 0 atom stereocenters. The molecule has 1 aromatic heterocycles. The first-order chi connectivity index (χ1) is 9.21. The number of ether oxygens (including phenoxy) is 1. The summed E-state index contributed by atoms with van der Waals surface area (Å²) in [6, 6.07) is 3.89. The Hall–Kier alpha value is -1.09. The maximum absolute atomic E-state index is 6.39. The Labute approximate surface area is 114 Å². The smallest absolute Gasteiger partial charge is 0.123 e. The predicted octanol–water partition coefficient (Wildman–Crippen LogP) is 3.15. The first kappa shape index (κ1) is 11.7. The van der Waals surface area contributed by atoms with Gasteiger partial charge in [-0.25, -0.2) is 4.98 Å². The van der Waals surface area contributed by atoms with E-state index in [1.165, 1.54) is 38.5 Å². The molecule has 4 saturated carbocycles. The van der Waals surface area contributed by atoms with E-state index in [0.29, 0.717) is 12.4 Å². The molecule has 2 N–H and O–H groups in total. The number of rotatable bonds is 3. The zero-order valence-corrected chi connectivity index (χ0v) is 11.3. The fourth-order valence-corrected chi connectivity index (χ4v) is 4.97. The Morgan fingerprint density at radius 1 is 1.11 bits per heavy atom. The Bertz CT molecular complexity index is 433. The molecule has 1 aromatic rings. The number of nitrogens with two attached hydrogens (primary N) is 1. The second-order valence-electron chi connectivity index (χ2n) is 6.98. The fourth-order valence-electron chi connectivity index (χ4n) is 4.97. The van der Waals surface area contributed by atoms with Gasteiger partial charge in [-0.05, 0) is 67.9 Å². The third-order valence-electron chi connectivity index (χ3n) is 5.37. The molecule has 0 amide bonds. The van der Waals surface area contributed by atoms with Crippen LogP contribution in [0.15, 0.2) is 18.3 Å². The number of anilines is 1. The standard InChI is InChI=1S/C16H22N2O/c17-15-2-1-11(9-18-15)10-19-16-6-12-3-13(7-16)5-14(4-12)8-16/h1-2,9,12-14H,3-8,10H2,(H2,17,18). The van der Waals surface area contributed by atoms with E-state index in [-0.39, 0.29) is 5.60 Å². The van der Waals surface area contributed by atoms with Crippen LogP contribution in [0.1, 0.15) is 44.1 Å². The molecule has 4 bridgehead atoms. The van der Waals surface area contributed by atoms with E-state index in [4.69, 9.17) is 10.5 Å². The fraction of sp³-hybridized carbons (Fsp3) is 0.688. The van der Waals surface area contributed by atoms with Gasteiger partial charge in [0.05, 0.1) is 12.2 Å². The van der Waals surface area contributed by atoms with Gasteiger partial charge >= 0.3 is 0 Å². The molecule has 102 valence electrons. The summed E-state index contributed by atoms with van der Waals surface area (Å²) in [4.78, 5) is 4.14. The van der Waals surface area contributed by atoms with E-state index < -0.39 is 0 Å². The molecule has 19 heavy (non-hydrogen) atoms. The lowest BCUT2D eigenvalue weighted by Gasteiger charge is -2.56. The summed E-state index contributed by atoms with van der Waals surface area (Å²) in [5.74, 6) is 3.40.